The predicted molar refractivity (Wildman–Crippen MR) is 103 cm³/mol. The average molecular weight is 360 g/mol. The summed E-state index contributed by atoms with van der Waals surface area (Å²) < 4.78 is 5.26. The fraction of sp³-hybridized carbons (Fsp3) is 0.435. The smallest absolute Gasteiger partial charge is 0.289 e. The van der Waals surface area contributed by atoms with E-state index in [4.69, 9.17) is 4.42 Å². The highest BCUT2D eigenvalue weighted by atomic mass is 16.3. The Balaban J connectivity index is 1.15. The molecule has 27 heavy (non-hydrogen) atoms. The van der Waals surface area contributed by atoms with Crippen LogP contribution in [0.1, 0.15) is 29.0 Å². The molecule has 0 spiro atoms. The second-order valence-electron chi connectivity index (χ2n) is 8.01. The van der Waals surface area contributed by atoms with E-state index < -0.39 is 0 Å². The summed E-state index contributed by atoms with van der Waals surface area (Å²) in [6.07, 6.45) is 4.17. The molecule has 2 aromatic rings. The van der Waals surface area contributed by atoms with Crippen molar-refractivity contribution in [3.05, 3.63) is 60.1 Å². The number of amides is 1. The molecule has 4 heteroatoms. The Morgan fingerprint density at radius 1 is 1.11 bits per heavy atom. The average Bonchev–Trinajstić information content (AvgIpc) is 3.50. The van der Waals surface area contributed by atoms with Gasteiger partial charge in [-0.3, -0.25) is 9.69 Å². The fourth-order valence-corrected chi connectivity index (χ4v) is 4.46. The summed E-state index contributed by atoms with van der Waals surface area (Å²) in [7, 11) is 0. The molecular weight excluding hydrogens is 336 g/mol. The van der Waals surface area contributed by atoms with E-state index >= 15 is 0 Å². The molecule has 5 rings (SSSR count). The maximum Gasteiger partial charge on any atom is 0.289 e. The van der Waals surface area contributed by atoms with Crippen LogP contribution in [0.2, 0.25) is 0 Å². The Morgan fingerprint density at radius 3 is 2.56 bits per heavy atom. The van der Waals surface area contributed by atoms with Gasteiger partial charge in [-0.05, 0) is 54.9 Å². The summed E-state index contributed by atoms with van der Waals surface area (Å²) in [4.78, 5) is 16.9. The topological polar surface area (TPSA) is 36.7 Å². The standard InChI is InChI=1S/C23H24N2O2/c26-23(22-9-5-13-27-22)25-15-20-19(21(20)16-25)14-24(18-10-11-18)12-4-8-17-6-2-1-3-7-17/h1-3,5-7,9,13,18-21H,10-12,14-16H2. The summed E-state index contributed by atoms with van der Waals surface area (Å²) in [6, 6.07) is 14.5. The minimum absolute atomic E-state index is 0.0405. The lowest BCUT2D eigenvalue weighted by molar-refractivity contribution is 0.0731. The predicted octanol–water partition coefficient (Wildman–Crippen LogP) is 3.11. The molecule has 1 aromatic heterocycles. The van der Waals surface area contributed by atoms with Gasteiger partial charge in [0, 0.05) is 31.2 Å². The van der Waals surface area contributed by atoms with Crippen LogP contribution in [0, 0.1) is 29.6 Å². The monoisotopic (exact) mass is 360 g/mol. The maximum atomic E-state index is 12.4. The molecule has 2 saturated carbocycles. The van der Waals surface area contributed by atoms with Gasteiger partial charge < -0.3 is 9.32 Å². The molecular formula is C23H24N2O2. The third-order valence-electron chi connectivity index (χ3n) is 6.19. The van der Waals surface area contributed by atoms with Crippen molar-refractivity contribution in [2.24, 2.45) is 17.8 Å². The molecule has 1 saturated heterocycles. The summed E-state index contributed by atoms with van der Waals surface area (Å²) in [5.74, 6) is 9.20. The molecule has 0 radical (unpaired) electrons. The molecule has 3 aliphatic rings. The zero-order chi connectivity index (χ0) is 18.2. The third-order valence-corrected chi connectivity index (χ3v) is 6.19. The first kappa shape index (κ1) is 16.6. The number of furan rings is 1. The number of rotatable bonds is 5. The Labute approximate surface area is 160 Å². The number of likely N-dealkylation sites (tertiary alicyclic amines) is 1. The van der Waals surface area contributed by atoms with Crippen LogP contribution in [0.25, 0.3) is 0 Å². The highest BCUT2D eigenvalue weighted by Gasteiger charge is 2.57. The van der Waals surface area contributed by atoms with Gasteiger partial charge in [0.15, 0.2) is 5.76 Å². The molecule has 4 nitrogen and oxygen atoms in total. The summed E-state index contributed by atoms with van der Waals surface area (Å²) in [5.41, 5.74) is 1.09. The Bertz CT molecular complexity index is 849. The summed E-state index contributed by atoms with van der Waals surface area (Å²) >= 11 is 0. The van der Waals surface area contributed by atoms with Gasteiger partial charge in [-0.25, -0.2) is 0 Å². The molecule has 138 valence electrons. The molecule has 1 amide bonds. The number of hydrogen-bond acceptors (Lipinski definition) is 3. The number of carbonyl (C=O) groups is 1. The van der Waals surface area contributed by atoms with Crippen molar-refractivity contribution in [1.29, 1.82) is 0 Å². The second-order valence-corrected chi connectivity index (χ2v) is 8.01. The lowest BCUT2D eigenvalue weighted by atomic mass is 10.2. The number of fused-ring (bicyclic) bond motifs is 1. The van der Waals surface area contributed by atoms with Crippen molar-refractivity contribution in [1.82, 2.24) is 9.80 Å². The number of carbonyl (C=O) groups excluding carboxylic acids is 1. The summed E-state index contributed by atoms with van der Waals surface area (Å²) in [5, 5.41) is 0. The SMILES string of the molecule is O=C(c1ccco1)N1CC2C(C1)C2CN(CC#Cc1ccccc1)C1CC1. The number of nitrogens with zero attached hydrogens (tertiary/aromatic N) is 2. The van der Waals surface area contributed by atoms with Crippen LogP contribution in [-0.4, -0.2) is 47.9 Å². The van der Waals surface area contributed by atoms with E-state index in [9.17, 15) is 4.79 Å². The van der Waals surface area contributed by atoms with Gasteiger partial charge in [-0.15, -0.1) is 0 Å². The van der Waals surface area contributed by atoms with E-state index in [0.29, 0.717) is 17.6 Å². The van der Waals surface area contributed by atoms with Gasteiger partial charge in [0.05, 0.1) is 12.8 Å². The van der Waals surface area contributed by atoms with Gasteiger partial charge in [0.25, 0.3) is 5.91 Å². The molecule has 0 bridgehead atoms. The molecule has 2 aliphatic carbocycles. The maximum absolute atomic E-state index is 12.4. The van der Waals surface area contributed by atoms with E-state index in [-0.39, 0.29) is 5.91 Å². The molecule has 2 unspecified atom stereocenters. The van der Waals surface area contributed by atoms with Gasteiger partial charge in [0.2, 0.25) is 0 Å². The van der Waals surface area contributed by atoms with Crippen LogP contribution >= 0.6 is 0 Å². The number of hydrogen-bond donors (Lipinski definition) is 0. The lowest BCUT2D eigenvalue weighted by Crippen LogP contribution is -2.35. The van der Waals surface area contributed by atoms with Crippen LogP contribution in [0.3, 0.4) is 0 Å². The van der Waals surface area contributed by atoms with Gasteiger partial charge in [-0.1, -0.05) is 30.0 Å². The largest absolute Gasteiger partial charge is 0.459 e. The molecule has 0 N–H and O–H groups in total. The first-order chi connectivity index (χ1) is 13.3. The van der Waals surface area contributed by atoms with Crippen molar-refractivity contribution < 1.29 is 9.21 Å². The van der Waals surface area contributed by atoms with Crippen LogP contribution in [0.15, 0.2) is 53.1 Å². The first-order valence-corrected chi connectivity index (χ1v) is 9.90. The first-order valence-electron chi connectivity index (χ1n) is 9.90. The van der Waals surface area contributed by atoms with E-state index in [1.807, 2.05) is 23.1 Å². The number of benzene rings is 1. The lowest BCUT2D eigenvalue weighted by Gasteiger charge is -2.23. The Morgan fingerprint density at radius 2 is 1.89 bits per heavy atom. The van der Waals surface area contributed by atoms with E-state index in [1.54, 1.807) is 18.4 Å². The van der Waals surface area contributed by atoms with Crippen LogP contribution in [0.4, 0.5) is 0 Å². The van der Waals surface area contributed by atoms with Gasteiger partial charge in [0.1, 0.15) is 0 Å². The normalized spacial score (nSPS) is 25.8. The minimum atomic E-state index is 0.0405. The molecule has 2 heterocycles. The Hall–Kier alpha value is -2.51. The van der Waals surface area contributed by atoms with E-state index in [0.717, 1.165) is 43.7 Å². The fourth-order valence-electron chi connectivity index (χ4n) is 4.46. The summed E-state index contributed by atoms with van der Waals surface area (Å²) in [6.45, 7) is 3.74. The zero-order valence-electron chi connectivity index (χ0n) is 15.4. The molecule has 2 atom stereocenters. The molecule has 1 aliphatic heterocycles. The van der Waals surface area contributed by atoms with Crippen molar-refractivity contribution >= 4 is 5.91 Å². The minimum Gasteiger partial charge on any atom is -0.459 e. The number of piperidine rings is 1. The van der Waals surface area contributed by atoms with E-state index in [1.165, 1.54) is 12.8 Å². The van der Waals surface area contributed by atoms with Crippen LogP contribution in [-0.2, 0) is 0 Å². The van der Waals surface area contributed by atoms with Crippen molar-refractivity contribution in [3.8, 4) is 11.8 Å². The highest BCUT2D eigenvalue weighted by molar-refractivity contribution is 5.91. The molecule has 3 fully saturated rings. The van der Waals surface area contributed by atoms with E-state index in [2.05, 4.69) is 28.9 Å². The van der Waals surface area contributed by atoms with Crippen LogP contribution < -0.4 is 0 Å². The van der Waals surface area contributed by atoms with Crippen molar-refractivity contribution in [3.63, 3.8) is 0 Å². The van der Waals surface area contributed by atoms with Crippen LogP contribution in [0.5, 0.6) is 0 Å². The van der Waals surface area contributed by atoms with Gasteiger partial charge >= 0.3 is 0 Å². The molecule has 1 aromatic carbocycles. The second kappa shape index (κ2) is 6.90. The van der Waals surface area contributed by atoms with Gasteiger partial charge in [-0.2, -0.15) is 0 Å². The third kappa shape index (κ3) is 3.52. The van der Waals surface area contributed by atoms with Crippen molar-refractivity contribution in [2.75, 3.05) is 26.2 Å². The zero-order valence-corrected chi connectivity index (χ0v) is 15.4. The Kier molecular flexibility index (Phi) is 4.26. The van der Waals surface area contributed by atoms with Crippen molar-refractivity contribution in [2.45, 2.75) is 18.9 Å². The quantitative estimate of drug-likeness (QED) is 0.769. The highest BCUT2D eigenvalue weighted by Crippen LogP contribution is 2.52.